The molecule has 4 heterocycles. The predicted octanol–water partition coefficient (Wildman–Crippen LogP) is 3.72. The molecule has 3 aromatic rings. The Hall–Kier alpha value is -3.35. The molecule has 4 rings (SSSR count). The molecule has 0 radical (unpaired) electrons. The number of halogens is 3. The van der Waals surface area contributed by atoms with Crippen LogP contribution in [0.5, 0.6) is 17.4 Å². The topological polar surface area (TPSA) is 112 Å². The van der Waals surface area contributed by atoms with E-state index in [9.17, 15) is 26.4 Å². The number of pyridine rings is 2. The Morgan fingerprint density at radius 1 is 1.22 bits per heavy atom. The highest BCUT2D eigenvalue weighted by atomic mass is 32.2. The highest BCUT2D eigenvalue weighted by Crippen LogP contribution is 2.31. The number of nitrogens with zero attached hydrogens (tertiary/aromatic N) is 3. The van der Waals surface area contributed by atoms with E-state index in [1.807, 2.05) is 13.8 Å². The largest absolute Gasteiger partial charge is 0.478 e. The van der Waals surface area contributed by atoms with Crippen molar-refractivity contribution in [3.05, 3.63) is 48.0 Å². The summed E-state index contributed by atoms with van der Waals surface area (Å²) in [6, 6.07) is 5.92. The number of hydrogen-bond donors (Lipinski definition) is 1. The van der Waals surface area contributed by atoms with Crippen molar-refractivity contribution >= 4 is 21.4 Å². The lowest BCUT2D eigenvalue weighted by Crippen LogP contribution is -2.51. The van der Waals surface area contributed by atoms with Crippen LogP contribution >= 0.6 is 0 Å². The molecule has 1 fully saturated rings. The zero-order valence-corrected chi connectivity index (χ0v) is 20.4. The molecular formula is C23H25F3N4O5S. The third-order valence-corrected chi connectivity index (χ3v) is 7.58. The lowest BCUT2D eigenvalue weighted by atomic mass is 9.94. The van der Waals surface area contributed by atoms with E-state index in [1.54, 1.807) is 22.7 Å². The quantitative estimate of drug-likeness (QED) is 0.499. The molecule has 13 heteroatoms. The molecule has 36 heavy (non-hydrogen) atoms. The first-order chi connectivity index (χ1) is 16.9. The summed E-state index contributed by atoms with van der Waals surface area (Å²) in [4.78, 5) is 21.5. The maximum atomic E-state index is 13.1. The first-order valence-corrected chi connectivity index (χ1v) is 13.1. The summed E-state index contributed by atoms with van der Waals surface area (Å²) >= 11 is 0. The van der Waals surface area contributed by atoms with Crippen LogP contribution in [0.3, 0.4) is 0 Å². The molecule has 1 saturated heterocycles. The number of carbonyl (C=O) groups is 1. The standard InChI is InChI=1S/C23H25F3N4O5S/c1-3-16-19(20(31)29-22(2)8-11-36(32,33)12-9-22)28-18-7-6-15(13-30(16)18)35-21-17(5-4-10-27-21)34-14-23(24,25)26/h4-7,10,13H,3,8-9,11-12,14H2,1-2H3,(H,29,31). The number of rotatable bonds is 7. The summed E-state index contributed by atoms with van der Waals surface area (Å²) in [5.74, 6) is -0.442. The number of fused-ring (bicyclic) bond motifs is 1. The molecule has 3 aromatic heterocycles. The fourth-order valence-corrected chi connectivity index (χ4v) is 5.66. The highest BCUT2D eigenvalue weighted by molar-refractivity contribution is 7.91. The average molecular weight is 527 g/mol. The van der Waals surface area contributed by atoms with E-state index in [0.717, 1.165) is 0 Å². The van der Waals surface area contributed by atoms with Crippen LogP contribution < -0.4 is 14.8 Å². The summed E-state index contributed by atoms with van der Waals surface area (Å²) in [6.07, 6.45) is -0.508. The normalized spacial score (nSPS) is 17.0. The van der Waals surface area contributed by atoms with Gasteiger partial charge in [0.15, 0.2) is 12.4 Å². The van der Waals surface area contributed by atoms with E-state index in [4.69, 9.17) is 9.47 Å². The van der Waals surface area contributed by atoms with Gasteiger partial charge < -0.3 is 14.8 Å². The van der Waals surface area contributed by atoms with Crippen molar-refractivity contribution in [2.45, 2.75) is 44.8 Å². The van der Waals surface area contributed by atoms with Gasteiger partial charge >= 0.3 is 6.18 Å². The van der Waals surface area contributed by atoms with Crippen molar-refractivity contribution in [1.29, 1.82) is 0 Å². The highest BCUT2D eigenvalue weighted by Gasteiger charge is 2.35. The van der Waals surface area contributed by atoms with Crippen molar-refractivity contribution in [3.8, 4) is 17.4 Å². The van der Waals surface area contributed by atoms with Crippen molar-refractivity contribution in [3.63, 3.8) is 0 Å². The molecule has 1 aliphatic heterocycles. The molecule has 0 unspecified atom stereocenters. The van der Waals surface area contributed by atoms with Crippen LogP contribution in [-0.2, 0) is 16.3 Å². The van der Waals surface area contributed by atoms with E-state index in [0.29, 0.717) is 30.6 Å². The Morgan fingerprint density at radius 2 is 1.94 bits per heavy atom. The van der Waals surface area contributed by atoms with Crippen molar-refractivity contribution in [2.24, 2.45) is 0 Å². The molecule has 194 valence electrons. The zero-order chi connectivity index (χ0) is 26.1. The Bertz CT molecular complexity index is 1370. The number of sulfone groups is 1. The number of nitrogens with one attached hydrogen (secondary N) is 1. The first-order valence-electron chi connectivity index (χ1n) is 11.2. The summed E-state index contributed by atoms with van der Waals surface area (Å²) in [5, 5.41) is 2.94. The van der Waals surface area contributed by atoms with Crippen LogP contribution in [0.2, 0.25) is 0 Å². The third kappa shape index (κ3) is 5.89. The van der Waals surface area contributed by atoms with Crippen LogP contribution in [0.1, 0.15) is 42.9 Å². The van der Waals surface area contributed by atoms with Gasteiger partial charge in [-0.05, 0) is 50.5 Å². The van der Waals surface area contributed by atoms with Gasteiger partial charge in [0, 0.05) is 11.7 Å². The number of hydrogen-bond acceptors (Lipinski definition) is 7. The number of alkyl halides is 3. The first kappa shape index (κ1) is 25.7. The van der Waals surface area contributed by atoms with Crippen LogP contribution in [0, 0.1) is 0 Å². The second-order valence-corrected chi connectivity index (χ2v) is 11.1. The van der Waals surface area contributed by atoms with Gasteiger partial charge in [0.05, 0.1) is 23.4 Å². The number of aromatic nitrogens is 3. The summed E-state index contributed by atoms with van der Waals surface area (Å²) in [6.45, 7) is 2.18. The maximum Gasteiger partial charge on any atom is 0.422 e. The fourth-order valence-electron chi connectivity index (χ4n) is 3.93. The molecule has 1 aliphatic rings. The third-order valence-electron chi connectivity index (χ3n) is 5.93. The van der Waals surface area contributed by atoms with Gasteiger partial charge in [-0.15, -0.1) is 0 Å². The lowest BCUT2D eigenvalue weighted by Gasteiger charge is -2.34. The van der Waals surface area contributed by atoms with Crippen LogP contribution in [0.4, 0.5) is 13.2 Å². The second kappa shape index (κ2) is 9.60. The molecule has 0 saturated carbocycles. The minimum atomic E-state index is -4.52. The van der Waals surface area contributed by atoms with Gasteiger partial charge in [-0.1, -0.05) is 6.92 Å². The molecule has 1 N–H and O–H groups in total. The maximum absolute atomic E-state index is 13.1. The van der Waals surface area contributed by atoms with Gasteiger partial charge in [-0.3, -0.25) is 9.20 Å². The molecule has 9 nitrogen and oxygen atoms in total. The second-order valence-electron chi connectivity index (χ2n) is 8.83. The van der Waals surface area contributed by atoms with Gasteiger partial charge in [-0.25, -0.2) is 18.4 Å². The molecule has 1 amide bonds. The molecule has 0 bridgehead atoms. The van der Waals surface area contributed by atoms with Crippen LogP contribution in [0.25, 0.3) is 5.65 Å². The van der Waals surface area contributed by atoms with Crippen LogP contribution in [0.15, 0.2) is 36.7 Å². The summed E-state index contributed by atoms with van der Waals surface area (Å²) in [5.41, 5.74) is 0.602. The number of amides is 1. The van der Waals surface area contributed by atoms with E-state index in [1.165, 1.54) is 18.3 Å². The minimum absolute atomic E-state index is 0.0124. The van der Waals surface area contributed by atoms with Gasteiger partial charge in [0.2, 0.25) is 0 Å². The number of aryl methyl sites for hydroxylation is 1. The Morgan fingerprint density at radius 3 is 2.61 bits per heavy atom. The van der Waals surface area contributed by atoms with E-state index in [2.05, 4.69) is 15.3 Å². The zero-order valence-electron chi connectivity index (χ0n) is 19.6. The number of carbonyl (C=O) groups excluding carboxylic acids is 1. The molecular weight excluding hydrogens is 501 g/mol. The van der Waals surface area contributed by atoms with Gasteiger partial charge in [0.1, 0.15) is 26.9 Å². The van der Waals surface area contributed by atoms with E-state index >= 15 is 0 Å². The summed E-state index contributed by atoms with van der Waals surface area (Å²) < 4.78 is 73.5. The van der Waals surface area contributed by atoms with Crippen molar-refractivity contribution in [2.75, 3.05) is 18.1 Å². The van der Waals surface area contributed by atoms with Gasteiger partial charge in [-0.2, -0.15) is 13.2 Å². The Labute approximate surface area is 205 Å². The molecule has 0 spiro atoms. The van der Waals surface area contributed by atoms with Crippen LogP contribution in [-0.4, -0.2) is 58.5 Å². The summed E-state index contributed by atoms with van der Waals surface area (Å²) in [7, 11) is -3.09. The van der Waals surface area contributed by atoms with E-state index in [-0.39, 0.29) is 34.6 Å². The van der Waals surface area contributed by atoms with Crippen molar-refractivity contribution < 1.29 is 35.9 Å². The average Bonchev–Trinajstić information content (AvgIpc) is 3.18. The SMILES string of the molecule is CCc1c(C(=O)NC2(C)CCS(=O)(=O)CC2)nc2ccc(Oc3ncccc3OCC(F)(F)F)cn12. The number of imidazole rings is 1. The Kier molecular flexibility index (Phi) is 6.86. The number of ether oxygens (including phenoxy) is 2. The lowest BCUT2D eigenvalue weighted by molar-refractivity contribution is -0.153. The smallest absolute Gasteiger partial charge is 0.422 e. The minimum Gasteiger partial charge on any atom is -0.478 e. The molecule has 0 aliphatic carbocycles. The van der Waals surface area contributed by atoms with E-state index < -0.39 is 34.1 Å². The van der Waals surface area contributed by atoms with Gasteiger partial charge in [0.25, 0.3) is 11.8 Å². The monoisotopic (exact) mass is 526 g/mol. The van der Waals surface area contributed by atoms with Crippen molar-refractivity contribution in [1.82, 2.24) is 19.7 Å². The Balaban J connectivity index is 1.57. The molecule has 0 atom stereocenters. The fraction of sp³-hybridized carbons (Fsp3) is 0.435. The predicted molar refractivity (Wildman–Crippen MR) is 124 cm³/mol. The molecule has 0 aromatic carbocycles.